The fourth-order valence-electron chi connectivity index (χ4n) is 2.46. The first-order valence-corrected chi connectivity index (χ1v) is 8.94. The van der Waals surface area contributed by atoms with E-state index in [1.807, 2.05) is 72.8 Å². The topological polar surface area (TPSA) is 100 Å². The first kappa shape index (κ1) is 18.1. The Hall–Kier alpha value is -4.33. The van der Waals surface area contributed by atoms with Gasteiger partial charge < -0.3 is 10.6 Å². The Morgan fingerprint density at radius 2 is 1.24 bits per heavy atom. The molecule has 2 aromatic carbocycles. The Kier molecular flexibility index (Phi) is 5.63. The molecule has 0 fully saturated rings. The van der Waals surface area contributed by atoms with Crippen molar-refractivity contribution in [2.24, 2.45) is 5.10 Å². The summed E-state index contributed by atoms with van der Waals surface area (Å²) < 4.78 is 0. The summed E-state index contributed by atoms with van der Waals surface area (Å²) in [6, 6.07) is 23.1. The molecule has 0 atom stereocenters. The molecule has 4 rings (SSSR count). The first-order valence-electron chi connectivity index (χ1n) is 8.94. The second kappa shape index (κ2) is 9.05. The van der Waals surface area contributed by atoms with Gasteiger partial charge in [0.2, 0.25) is 17.8 Å². The Labute approximate surface area is 167 Å². The van der Waals surface area contributed by atoms with Crippen LogP contribution in [0.2, 0.25) is 0 Å². The van der Waals surface area contributed by atoms with E-state index >= 15 is 0 Å². The van der Waals surface area contributed by atoms with Crippen LogP contribution in [0.3, 0.4) is 0 Å². The molecule has 2 heterocycles. The van der Waals surface area contributed by atoms with Crippen molar-refractivity contribution in [3.8, 4) is 0 Å². The van der Waals surface area contributed by atoms with Gasteiger partial charge in [0.15, 0.2) is 0 Å². The van der Waals surface area contributed by atoms with E-state index in [-0.39, 0.29) is 0 Å². The van der Waals surface area contributed by atoms with Gasteiger partial charge in [0.05, 0.1) is 6.21 Å². The summed E-state index contributed by atoms with van der Waals surface area (Å²) in [6.45, 7) is 0. The summed E-state index contributed by atoms with van der Waals surface area (Å²) in [4.78, 5) is 17.3. The summed E-state index contributed by atoms with van der Waals surface area (Å²) in [6.07, 6.45) is 5.06. The van der Waals surface area contributed by atoms with Gasteiger partial charge in [0, 0.05) is 29.3 Å². The second-order valence-corrected chi connectivity index (χ2v) is 5.94. The fourth-order valence-corrected chi connectivity index (χ4v) is 2.46. The number of benzene rings is 2. The van der Waals surface area contributed by atoms with Gasteiger partial charge in [-0.1, -0.05) is 42.5 Å². The molecule has 0 unspecified atom stereocenters. The molecule has 29 heavy (non-hydrogen) atoms. The van der Waals surface area contributed by atoms with Crippen LogP contribution in [0.1, 0.15) is 5.56 Å². The van der Waals surface area contributed by atoms with Gasteiger partial charge in [-0.2, -0.15) is 20.1 Å². The minimum Gasteiger partial charge on any atom is -0.324 e. The van der Waals surface area contributed by atoms with Crippen LogP contribution in [0, 0.1) is 0 Å². The maximum absolute atomic E-state index is 4.44. The number of hydrazone groups is 1. The third kappa shape index (κ3) is 5.33. The molecule has 142 valence electrons. The predicted octanol–water partition coefficient (Wildman–Crippen LogP) is 4.20. The van der Waals surface area contributed by atoms with Crippen molar-refractivity contribution in [2.75, 3.05) is 16.1 Å². The number of aromatic nitrogens is 4. The number of para-hydroxylation sites is 2. The number of hydrogen-bond acceptors (Lipinski definition) is 8. The van der Waals surface area contributed by atoms with Gasteiger partial charge in [-0.25, -0.2) is 5.43 Å². The predicted molar refractivity (Wildman–Crippen MR) is 115 cm³/mol. The van der Waals surface area contributed by atoms with Crippen molar-refractivity contribution in [3.05, 3.63) is 90.8 Å². The maximum atomic E-state index is 4.44. The summed E-state index contributed by atoms with van der Waals surface area (Å²) >= 11 is 0. The quantitative estimate of drug-likeness (QED) is 0.325. The van der Waals surface area contributed by atoms with E-state index in [1.165, 1.54) is 0 Å². The molecule has 0 radical (unpaired) electrons. The van der Waals surface area contributed by atoms with Crippen molar-refractivity contribution in [2.45, 2.75) is 0 Å². The summed E-state index contributed by atoms with van der Waals surface area (Å²) in [5.41, 5.74) is 5.44. The molecule has 0 amide bonds. The number of rotatable bonds is 7. The highest BCUT2D eigenvalue weighted by Gasteiger charge is 2.07. The van der Waals surface area contributed by atoms with Crippen molar-refractivity contribution < 1.29 is 0 Å². The fraction of sp³-hybridized carbons (Fsp3) is 0. The molecule has 8 nitrogen and oxygen atoms in total. The third-order valence-corrected chi connectivity index (χ3v) is 3.76. The second-order valence-electron chi connectivity index (χ2n) is 5.94. The van der Waals surface area contributed by atoms with Crippen LogP contribution >= 0.6 is 0 Å². The molecule has 4 aromatic rings. The zero-order valence-electron chi connectivity index (χ0n) is 15.4. The smallest absolute Gasteiger partial charge is 0.250 e. The minimum absolute atomic E-state index is 0.303. The first-order chi connectivity index (χ1) is 14.3. The Bertz CT molecular complexity index is 1010. The maximum Gasteiger partial charge on any atom is 0.250 e. The average molecular weight is 382 g/mol. The number of nitrogens with zero attached hydrogens (tertiary/aromatic N) is 5. The Balaban J connectivity index is 1.57. The molecule has 2 aromatic heterocycles. The number of anilines is 5. The van der Waals surface area contributed by atoms with Gasteiger partial charge >= 0.3 is 0 Å². The minimum atomic E-state index is 0.303. The lowest BCUT2D eigenvalue weighted by molar-refractivity contribution is 1.04. The normalized spacial score (nSPS) is 10.6. The van der Waals surface area contributed by atoms with Crippen LogP contribution in [-0.2, 0) is 0 Å². The van der Waals surface area contributed by atoms with Gasteiger partial charge in [-0.15, -0.1) is 0 Å². The van der Waals surface area contributed by atoms with Crippen LogP contribution in [0.15, 0.2) is 90.3 Å². The van der Waals surface area contributed by atoms with E-state index in [2.05, 4.69) is 41.1 Å². The van der Waals surface area contributed by atoms with Crippen LogP contribution in [0.5, 0.6) is 0 Å². The van der Waals surface area contributed by atoms with Gasteiger partial charge in [0.25, 0.3) is 0 Å². The molecule has 0 saturated heterocycles. The molecular formula is C21H18N8. The van der Waals surface area contributed by atoms with Gasteiger partial charge in [-0.3, -0.25) is 4.98 Å². The molecule has 0 aliphatic carbocycles. The monoisotopic (exact) mass is 382 g/mol. The number of pyridine rings is 1. The standard InChI is InChI=1S/C21H18N8/c1-3-9-17(10-4-1)24-19-26-20(25-18-11-5-2-6-12-18)28-21(27-19)29-23-15-16-8-7-13-22-14-16/h1-15H,(H3,24,25,26,27,28,29)/b23-15-. The van der Waals surface area contributed by atoms with E-state index in [1.54, 1.807) is 18.6 Å². The molecule has 0 bridgehead atoms. The summed E-state index contributed by atoms with van der Waals surface area (Å²) in [5, 5.41) is 10.5. The largest absolute Gasteiger partial charge is 0.324 e. The number of hydrogen-bond donors (Lipinski definition) is 3. The third-order valence-electron chi connectivity index (χ3n) is 3.76. The summed E-state index contributed by atoms with van der Waals surface area (Å²) in [5.74, 6) is 1.09. The van der Waals surface area contributed by atoms with Crippen molar-refractivity contribution in [3.63, 3.8) is 0 Å². The van der Waals surface area contributed by atoms with E-state index in [0.29, 0.717) is 17.8 Å². The van der Waals surface area contributed by atoms with Crippen molar-refractivity contribution >= 4 is 35.4 Å². The van der Waals surface area contributed by atoms with E-state index < -0.39 is 0 Å². The Morgan fingerprint density at radius 3 is 1.79 bits per heavy atom. The van der Waals surface area contributed by atoms with Gasteiger partial charge in [-0.05, 0) is 30.3 Å². The molecule has 0 aliphatic heterocycles. The molecular weight excluding hydrogens is 364 g/mol. The van der Waals surface area contributed by atoms with Crippen LogP contribution in [0.4, 0.5) is 29.2 Å². The van der Waals surface area contributed by atoms with E-state index in [0.717, 1.165) is 16.9 Å². The number of nitrogens with one attached hydrogen (secondary N) is 3. The SMILES string of the molecule is C(=N/Nc1nc(Nc2ccccc2)nc(Nc2ccccc2)n1)/c1cccnc1. The Morgan fingerprint density at radius 1 is 0.655 bits per heavy atom. The van der Waals surface area contributed by atoms with Crippen LogP contribution in [-0.4, -0.2) is 26.2 Å². The van der Waals surface area contributed by atoms with Gasteiger partial charge in [0.1, 0.15) is 0 Å². The lowest BCUT2D eigenvalue weighted by Crippen LogP contribution is -2.07. The zero-order chi connectivity index (χ0) is 19.7. The highest BCUT2D eigenvalue weighted by molar-refractivity contribution is 5.79. The molecule has 0 spiro atoms. The zero-order valence-corrected chi connectivity index (χ0v) is 15.4. The van der Waals surface area contributed by atoms with Crippen molar-refractivity contribution in [1.29, 1.82) is 0 Å². The molecule has 8 heteroatoms. The highest BCUT2D eigenvalue weighted by atomic mass is 15.4. The molecule has 3 N–H and O–H groups in total. The molecule has 0 aliphatic rings. The molecule has 0 saturated carbocycles. The van der Waals surface area contributed by atoms with Crippen LogP contribution < -0.4 is 16.1 Å². The van der Waals surface area contributed by atoms with Crippen molar-refractivity contribution in [1.82, 2.24) is 19.9 Å². The lowest BCUT2D eigenvalue weighted by Gasteiger charge is -2.10. The lowest BCUT2D eigenvalue weighted by atomic mass is 10.3. The van der Waals surface area contributed by atoms with Crippen LogP contribution in [0.25, 0.3) is 0 Å². The van der Waals surface area contributed by atoms with E-state index in [9.17, 15) is 0 Å². The van der Waals surface area contributed by atoms with E-state index in [4.69, 9.17) is 0 Å². The summed E-state index contributed by atoms with van der Waals surface area (Å²) in [7, 11) is 0. The highest BCUT2D eigenvalue weighted by Crippen LogP contribution is 2.18. The average Bonchev–Trinajstić information content (AvgIpc) is 2.76.